The first kappa shape index (κ1) is 22.5. The van der Waals surface area contributed by atoms with Crippen molar-refractivity contribution < 1.29 is 23.9 Å². The fourth-order valence-electron chi connectivity index (χ4n) is 4.20. The Morgan fingerprint density at radius 1 is 0.909 bits per heavy atom. The van der Waals surface area contributed by atoms with Crippen molar-refractivity contribution in [1.29, 1.82) is 0 Å². The highest BCUT2D eigenvalue weighted by atomic mass is 16.5. The van der Waals surface area contributed by atoms with Crippen LogP contribution in [0.4, 0.5) is 0 Å². The Bertz CT molecular complexity index is 996. The highest BCUT2D eigenvalue weighted by molar-refractivity contribution is 6.21. The van der Waals surface area contributed by atoms with Crippen LogP contribution in [0.15, 0.2) is 54.6 Å². The topological polar surface area (TPSA) is 96.0 Å². The number of para-hydroxylation sites is 1. The minimum absolute atomic E-state index is 0.00352. The molecule has 1 saturated heterocycles. The van der Waals surface area contributed by atoms with Crippen molar-refractivity contribution in [3.05, 3.63) is 65.7 Å². The fraction of sp³-hybridized carbons (Fsp3) is 0.360. The zero-order valence-electron chi connectivity index (χ0n) is 18.4. The number of piperidine rings is 1. The molecule has 1 fully saturated rings. The first-order valence-corrected chi connectivity index (χ1v) is 11.2. The molecule has 0 atom stereocenters. The van der Waals surface area contributed by atoms with Gasteiger partial charge in [0.15, 0.2) is 6.61 Å². The van der Waals surface area contributed by atoms with E-state index in [-0.39, 0.29) is 49.2 Å². The molecule has 1 N–H and O–H groups in total. The van der Waals surface area contributed by atoms with E-state index in [9.17, 15) is 19.2 Å². The number of ether oxygens (including phenoxy) is 1. The van der Waals surface area contributed by atoms with Crippen molar-refractivity contribution in [3.63, 3.8) is 0 Å². The summed E-state index contributed by atoms with van der Waals surface area (Å²) >= 11 is 0. The average Bonchev–Trinajstić information content (AvgIpc) is 3.09. The lowest BCUT2D eigenvalue weighted by atomic mass is 10.0. The molecule has 0 spiro atoms. The van der Waals surface area contributed by atoms with E-state index in [1.165, 1.54) is 4.90 Å². The second kappa shape index (κ2) is 10.3. The third-order valence-electron chi connectivity index (χ3n) is 5.98. The molecule has 4 amide bonds. The highest BCUT2D eigenvalue weighted by Crippen LogP contribution is 2.23. The van der Waals surface area contributed by atoms with E-state index < -0.39 is 0 Å². The largest absolute Gasteiger partial charge is 0.484 e. The van der Waals surface area contributed by atoms with Gasteiger partial charge in [-0.1, -0.05) is 30.3 Å². The molecule has 2 aromatic rings. The first-order chi connectivity index (χ1) is 16.0. The molecule has 172 valence electrons. The maximum atomic E-state index is 12.6. The summed E-state index contributed by atoms with van der Waals surface area (Å²) in [6.45, 7) is 1.32. The number of likely N-dealkylation sites (tertiary alicyclic amines) is 1. The molecule has 33 heavy (non-hydrogen) atoms. The number of hydrogen-bond donors (Lipinski definition) is 1. The molecule has 0 unspecified atom stereocenters. The summed E-state index contributed by atoms with van der Waals surface area (Å²) in [4.78, 5) is 52.5. The van der Waals surface area contributed by atoms with E-state index >= 15 is 0 Å². The predicted molar refractivity (Wildman–Crippen MR) is 121 cm³/mol. The summed E-state index contributed by atoms with van der Waals surface area (Å²) in [5.74, 6) is -0.116. The van der Waals surface area contributed by atoms with Crippen LogP contribution in [0.3, 0.4) is 0 Å². The first-order valence-electron chi connectivity index (χ1n) is 11.2. The van der Waals surface area contributed by atoms with Gasteiger partial charge in [-0.3, -0.25) is 24.1 Å². The van der Waals surface area contributed by atoms with Crippen LogP contribution in [0, 0.1) is 0 Å². The second-order valence-electron chi connectivity index (χ2n) is 8.24. The van der Waals surface area contributed by atoms with Crippen LogP contribution in [0.25, 0.3) is 0 Å². The van der Waals surface area contributed by atoms with Crippen molar-refractivity contribution in [2.45, 2.75) is 31.7 Å². The van der Waals surface area contributed by atoms with Crippen LogP contribution >= 0.6 is 0 Å². The average molecular weight is 450 g/mol. The number of imide groups is 1. The molecule has 0 saturated carbocycles. The summed E-state index contributed by atoms with van der Waals surface area (Å²) < 4.78 is 5.46. The van der Waals surface area contributed by atoms with Crippen molar-refractivity contribution in [2.24, 2.45) is 0 Å². The number of nitrogens with zero attached hydrogens (tertiary/aromatic N) is 2. The summed E-state index contributed by atoms with van der Waals surface area (Å²) in [7, 11) is 0. The molecule has 8 heteroatoms. The fourth-order valence-corrected chi connectivity index (χ4v) is 4.20. The number of nitrogens with one attached hydrogen (secondary N) is 1. The van der Waals surface area contributed by atoms with Gasteiger partial charge in [0.1, 0.15) is 5.75 Å². The van der Waals surface area contributed by atoms with Crippen LogP contribution in [0.5, 0.6) is 5.75 Å². The molecule has 0 aliphatic carbocycles. The van der Waals surface area contributed by atoms with Gasteiger partial charge in [0.25, 0.3) is 17.7 Å². The molecule has 2 aromatic carbocycles. The molecule has 2 aliphatic rings. The third kappa shape index (κ3) is 5.39. The van der Waals surface area contributed by atoms with Crippen molar-refractivity contribution in [2.75, 3.05) is 26.2 Å². The highest BCUT2D eigenvalue weighted by Gasteiger charge is 2.34. The Kier molecular flexibility index (Phi) is 7.02. The van der Waals surface area contributed by atoms with E-state index in [0.717, 1.165) is 0 Å². The molecule has 0 aromatic heterocycles. The molecule has 4 rings (SSSR count). The Morgan fingerprint density at radius 2 is 1.52 bits per heavy atom. The molecular weight excluding hydrogens is 422 g/mol. The van der Waals surface area contributed by atoms with Gasteiger partial charge in [-0.05, 0) is 43.5 Å². The Balaban J connectivity index is 1.15. The maximum absolute atomic E-state index is 12.6. The molecule has 0 radical (unpaired) electrons. The number of benzene rings is 2. The molecule has 2 heterocycles. The number of rotatable bonds is 8. The smallest absolute Gasteiger partial charge is 0.261 e. The van der Waals surface area contributed by atoms with E-state index in [0.29, 0.717) is 49.2 Å². The lowest BCUT2D eigenvalue weighted by Gasteiger charge is -2.32. The Labute approximate surface area is 192 Å². The van der Waals surface area contributed by atoms with Crippen molar-refractivity contribution in [1.82, 2.24) is 15.1 Å². The Hall–Kier alpha value is -3.68. The predicted octanol–water partition coefficient (Wildman–Crippen LogP) is 2.25. The van der Waals surface area contributed by atoms with E-state index in [1.807, 2.05) is 18.2 Å². The van der Waals surface area contributed by atoms with Crippen LogP contribution in [-0.4, -0.2) is 65.7 Å². The lowest BCUT2D eigenvalue weighted by Crippen LogP contribution is -2.47. The van der Waals surface area contributed by atoms with Gasteiger partial charge in [0.05, 0.1) is 11.1 Å². The van der Waals surface area contributed by atoms with Crippen LogP contribution in [-0.2, 0) is 9.59 Å². The summed E-state index contributed by atoms with van der Waals surface area (Å²) in [5.41, 5.74) is 0.847. The minimum atomic E-state index is -0.296. The summed E-state index contributed by atoms with van der Waals surface area (Å²) in [6, 6.07) is 16.0. The van der Waals surface area contributed by atoms with E-state index in [2.05, 4.69) is 5.32 Å². The molecule has 8 nitrogen and oxygen atoms in total. The van der Waals surface area contributed by atoms with Crippen molar-refractivity contribution >= 4 is 23.6 Å². The number of hydrogen-bond acceptors (Lipinski definition) is 5. The van der Waals surface area contributed by atoms with Gasteiger partial charge in [-0.15, -0.1) is 0 Å². The van der Waals surface area contributed by atoms with Gasteiger partial charge in [0.2, 0.25) is 5.91 Å². The third-order valence-corrected chi connectivity index (χ3v) is 5.98. The monoisotopic (exact) mass is 449 g/mol. The van der Waals surface area contributed by atoms with E-state index in [4.69, 9.17) is 4.74 Å². The normalized spacial score (nSPS) is 16.0. The summed E-state index contributed by atoms with van der Waals surface area (Å²) in [5, 5.41) is 2.96. The van der Waals surface area contributed by atoms with E-state index in [1.54, 1.807) is 41.3 Å². The van der Waals surface area contributed by atoms with Crippen LogP contribution in [0.2, 0.25) is 0 Å². The zero-order valence-corrected chi connectivity index (χ0v) is 18.4. The van der Waals surface area contributed by atoms with Crippen molar-refractivity contribution in [3.8, 4) is 5.75 Å². The lowest BCUT2D eigenvalue weighted by molar-refractivity contribution is -0.132. The van der Waals surface area contributed by atoms with Crippen LogP contribution < -0.4 is 10.1 Å². The zero-order chi connectivity index (χ0) is 23.2. The van der Waals surface area contributed by atoms with Gasteiger partial charge in [-0.25, -0.2) is 0 Å². The quantitative estimate of drug-likeness (QED) is 0.624. The second-order valence-corrected chi connectivity index (χ2v) is 8.24. The van der Waals surface area contributed by atoms with Crippen LogP contribution in [0.1, 0.15) is 46.4 Å². The molecule has 2 aliphatic heterocycles. The number of carbonyl (C=O) groups excluding carboxylic acids is 4. The molecule has 0 bridgehead atoms. The minimum Gasteiger partial charge on any atom is -0.484 e. The maximum Gasteiger partial charge on any atom is 0.261 e. The van der Waals surface area contributed by atoms with Gasteiger partial charge in [0, 0.05) is 32.1 Å². The number of amides is 4. The van der Waals surface area contributed by atoms with Gasteiger partial charge >= 0.3 is 0 Å². The SMILES string of the molecule is O=C(COc1ccccc1)NC1CCN(C(=O)CCCN2C(=O)c3ccccc3C2=O)CC1. The molecular formula is C25H27N3O5. The number of fused-ring (bicyclic) bond motifs is 1. The van der Waals surface area contributed by atoms with Gasteiger partial charge in [-0.2, -0.15) is 0 Å². The van der Waals surface area contributed by atoms with Gasteiger partial charge < -0.3 is 15.0 Å². The standard InChI is InChI=1S/C25H27N3O5/c29-22(17-33-19-7-2-1-3-8-19)26-18-12-15-27(16-13-18)23(30)11-6-14-28-24(31)20-9-4-5-10-21(20)25(28)32/h1-5,7-10,18H,6,11-17H2,(H,26,29). The number of carbonyl (C=O) groups is 4. The summed E-state index contributed by atoms with van der Waals surface area (Å²) in [6.07, 6.45) is 2.07. The Morgan fingerprint density at radius 3 is 2.15 bits per heavy atom.